The van der Waals surface area contributed by atoms with Crippen LogP contribution in [0.2, 0.25) is 0 Å². The fourth-order valence-corrected chi connectivity index (χ4v) is 9.15. The molecule has 2 nitrogen and oxygen atoms in total. The van der Waals surface area contributed by atoms with E-state index in [-0.39, 0.29) is 0 Å². The van der Waals surface area contributed by atoms with Crippen molar-refractivity contribution in [2.24, 2.45) is 0 Å². The first-order valence-corrected chi connectivity index (χ1v) is 18.0. The molecule has 2 heterocycles. The lowest BCUT2D eigenvalue weighted by Crippen LogP contribution is -1.96. The maximum atomic E-state index is 2.51. The monoisotopic (exact) mass is 658 g/mol. The van der Waals surface area contributed by atoms with Gasteiger partial charge < -0.3 is 9.13 Å². The van der Waals surface area contributed by atoms with Crippen LogP contribution in [-0.4, -0.2) is 9.13 Å². The van der Waals surface area contributed by atoms with Crippen LogP contribution in [0.5, 0.6) is 0 Å². The minimum atomic E-state index is 1.17. The van der Waals surface area contributed by atoms with E-state index >= 15 is 0 Å². The molecule has 0 fully saturated rings. The van der Waals surface area contributed by atoms with E-state index < -0.39 is 0 Å². The highest BCUT2D eigenvalue weighted by atomic mass is 15.0. The van der Waals surface area contributed by atoms with E-state index in [2.05, 4.69) is 191 Å². The zero-order valence-electron chi connectivity index (χ0n) is 28.2. The molecule has 0 spiro atoms. The SMILES string of the molecule is c1ccc(-n2c3ccccc3c3cc(-c4ccc5c6ccc7ccccc7c6n(-c6ccc7c(c6)-c6cccc8cccc-7c68)c5c4)ccc32)cc1. The molecule has 0 radical (unpaired) electrons. The molecule has 0 atom stereocenters. The highest BCUT2D eigenvalue weighted by molar-refractivity contribution is 6.20. The topological polar surface area (TPSA) is 9.86 Å². The predicted octanol–water partition coefficient (Wildman–Crippen LogP) is 13.5. The smallest absolute Gasteiger partial charge is 0.0619 e. The second kappa shape index (κ2) is 10.3. The Labute approximate surface area is 300 Å². The fraction of sp³-hybridized carbons (Fsp3) is 0. The Morgan fingerprint density at radius 3 is 1.85 bits per heavy atom. The number of aromatic nitrogens is 2. The Bertz CT molecular complexity index is 3280. The van der Waals surface area contributed by atoms with Gasteiger partial charge in [0.1, 0.15) is 0 Å². The molecule has 0 bridgehead atoms. The summed E-state index contributed by atoms with van der Waals surface area (Å²) in [5.74, 6) is 0. The predicted molar refractivity (Wildman–Crippen MR) is 220 cm³/mol. The van der Waals surface area contributed by atoms with Gasteiger partial charge in [-0.2, -0.15) is 0 Å². The number of para-hydroxylation sites is 2. The van der Waals surface area contributed by atoms with E-state index in [9.17, 15) is 0 Å². The Morgan fingerprint density at radius 1 is 0.288 bits per heavy atom. The first-order chi connectivity index (χ1) is 25.8. The molecule has 0 N–H and O–H groups in total. The van der Waals surface area contributed by atoms with Gasteiger partial charge in [-0.15, -0.1) is 0 Å². The van der Waals surface area contributed by atoms with Crippen molar-refractivity contribution in [3.63, 3.8) is 0 Å². The van der Waals surface area contributed by atoms with Crippen molar-refractivity contribution in [1.29, 1.82) is 0 Å². The van der Waals surface area contributed by atoms with Crippen molar-refractivity contribution in [3.05, 3.63) is 182 Å². The first kappa shape index (κ1) is 27.9. The second-order valence-electron chi connectivity index (χ2n) is 14.1. The summed E-state index contributed by atoms with van der Waals surface area (Å²) in [5.41, 5.74) is 14.9. The zero-order chi connectivity index (χ0) is 33.9. The van der Waals surface area contributed by atoms with Gasteiger partial charge in [0.2, 0.25) is 0 Å². The van der Waals surface area contributed by atoms with Crippen molar-refractivity contribution in [2.45, 2.75) is 0 Å². The van der Waals surface area contributed by atoms with E-state index in [0.29, 0.717) is 0 Å². The largest absolute Gasteiger partial charge is 0.309 e. The maximum Gasteiger partial charge on any atom is 0.0619 e. The van der Waals surface area contributed by atoms with Gasteiger partial charge in [0.15, 0.2) is 0 Å². The summed E-state index contributed by atoms with van der Waals surface area (Å²) in [6, 6.07) is 67.3. The second-order valence-corrected chi connectivity index (χ2v) is 14.1. The van der Waals surface area contributed by atoms with Crippen LogP contribution in [0.4, 0.5) is 0 Å². The van der Waals surface area contributed by atoms with E-state index in [1.165, 1.54) is 110 Å². The van der Waals surface area contributed by atoms with Crippen LogP contribution in [0.15, 0.2) is 182 Å². The van der Waals surface area contributed by atoms with Crippen LogP contribution in [0, 0.1) is 0 Å². The number of fused-ring (bicyclic) bond motifs is 11. The van der Waals surface area contributed by atoms with Gasteiger partial charge in [-0.3, -0.25) is 0 Å². The number of benzene rings is 9. The third-order valence-corrected chi connectivity index (χ3v) is 11.4. The van der Waals surface area contributed by atoms with Gasteiger partial charge in [0, 0.05) is 38.3 Å². The lowest BCUT2D eigenvalue weighted by molar-refractivity contribution is 1.18. The normalized spacial score (nSPS) is 12.2. The molecular formula is C50H30N2. The van der Waals surface area contributed by atoms with Crippen LogP contribution < -0.4 is 0 Å². The molecule has 0 saturated heterocycles. The number of rotatable bonds is 3. The summed E-state index contributed by atoms with van der Waals surface area (Å²) >= 11 is 0. The molecule has 12 rings (SSSR count). The van der Waals surface area contributed by atoms with Gasteiger partial charge in [-0.1, -0.05) is 133 Å². The lowest BCUT2D eigenvalue weighted by atomic mass is 10.0. The Hall–Kier alpha value is -6.90. The molecule has 0 unspecified atom stereocenters. The summed E-state index contributed by atoms with van der Waals surface area (Å²) in [7, 11) is 0. The van der Waals surface area contributed by atoms with Gasteiger partial charge in [0.25, 0.3) is 0 Å². The fourth-order valence-electron chi connectivity index (χ4n) is 9.15. The van der Waals surface area contributed by atoms with Crippen molar-refractivity contribution in [1.82, 2.24) is 9.13 Å². The molecule has 0 aliphatic heterocycles. The van der Waals surface area contributed by atoms with Crippen molar-refractivity contribution < 1.29 is 0 Å². The molecule has 240 valence electrons. The van der Waals surface area contributed by atoms with E-state index in [1.807, 2.05) is 0 Å². The Kier molecular flexibility index (Phi) is 5.53. The number of nitrogens with zero attached hydrogens (tertiary/aromatic N) is 2. The third-order valence-electron chi connectivity index (χ3n) is 11.4. The molecule has 0 saturated carbocycles. The molecule has 52 heavy (non-hydrogen) atoms. The Morgan fingerprint density at radius 2 is 0.962 bits per heavy atom. The van der Waals surface area contributed by atoms with Crippen LogP contribution >= 0.6 is 0 Å². The molecule has 2 aromatic heterocycles. The number of hydrogen-bond donors (Lipinski definition) is 0. The molecule has 11 aromatic rings. The highest BCUT2D eigenvalue weighted by Crippen LogP contribution is 2.48. The van der Waals surface area contributed by atoms with Crippen LogP contribution in [0.25, 0.3) is 110 Å². The van der Waals surface area contributed by atoms with Crippen molar-refractivity contribution in [2.75, 3.05) is 0 Å². The van der Waals surface area contributed by atoms with Crippen molar-refractivity contribution in [3.8, 4) is 44.8 Å². The number of hydrogen-bond acceptors (Lipinski definition) is 0. The summed E-state index contributed by atoms with van der Waals surface area (Å²) in [6.45, 7) is 0. The van der Waals surface area contributed by atoms with Crippen LogP contribution in [0.1, 0.15) is 0 Å². The molecule has 1 aliphatic carbocycles. The summed E-state index contributed by atoms with van der Waals surface area (Å²) in [5, 5.41) is 10.2. The van der Waals surface area contributed by atoms with Gasteiger partial charge in [-0.25, -0.2) is 0 Å². The zero-order valence-corrected chi connectivity index (χ0v) is 28.2. The summed E-state index contributed by atoms with van der Waals surface area (Å²) in [4.78, 5) is 0. The summed E-state index contributed by atoms with van der Waals surface area (Å²) < 4.78 is 4.90. The van der Waals surface area contributed by atoms with Gasteiger partial charge in [0.05, 0.1) is 22.1 Å². The summed E-state index contributed by atoms with van der Waals surface area (Å²) in [6.07, 6.45) is 0. The van der Waals surface area contributed by atoms with Gasteiger partial charge in [-0.05, 0) is 98.1 Å². The third kappa shape index (κ3) is 3.73. The molecule has 1 aliphatic rings. The van der Waals surface area contributed by atoms with E-state index in [0.717, 1.165) is 0 Å². The first-order valence-electron chi connectivity index (χ1n) is 18.0. The molecular weight excluding hydrogens is 629 g/mol. The van der Waals surface area contributed by atoms with Crippen LogP contribution in [-0.2, 0) is 0 Å². The lowest BCUT2D eigenvalue weighted by Gasteiger charge is -2.13. The quantitative estimate of drug-likeness (QED) is 0.179. The Balaban J connectivity index is 1.12. The standard InChI is InChI=1S/C50H30N2/c1-2-13-35(14-3-1)51-46-19-7-6-16-39(46)45-28-33(22-27-47(45)51)34-21-24-40-43-25-20-31-10-4-5-15-37(31)50(43)52(48(40)29-34)36-23-26-38-41-17-8-11-32-12-9-18-42(49(32)41)44(38)30-36/h1-30H. The average molecular weight is 659 g/mol. The highest BCUT2D eigenvalue weighted by Gasteiger charge is 2.23. The minimum absolute atomic E-state index is 1.17. The average Bonchev–Trinajstić information content (AvgIpc) is 3.84. The van der Waals surface area contributed by atoms with E-state index in [4.69, 9.17) is 0 Å². The van der Waals surface area contributed by atoms with Crippen molar-refractivity contribution >= 4 is 65.2 Å². The van der Waals surface area contributed by atoms with Crippen LogP contribution in [0.3, 0.4) is 0 Å². The minimum Gasteiger partial charge on any atom is -0.309 e. The molecule has 2 heteroatoms. The van der Waals surface area contributed by atoms with Gasteiger partial charge >= 0.3 is 0 Å². The maximum absolute atomic E-state index is 2.51. The van der Waals surface area contributed by atoms with E-state index in [1.54, 1.807) is 0 Å². The molecule has 9 aromatic carbocycles. The molecule has 0 amide bonds.